The van der Waals surface area contributed by atoms with E-state index in [1.54, 1.807) is 0 Å². The van der Waals surface area contributed by atoms with Gasteiger partial charge in [0, 0.05) is 18.9 Å². The van der Waals surface area contributed by atoms with E-state index in [4.69, 9.17) is 0 Å². The van der Waals surface area contributed by atoms with E-state index in [0.29, 0.717) is 0 Å². The van der Waals surface area contributed by atoms with Crippen molar-refractivity contribution in [1.82, 2.24) is 29.9 Å². The SMILES string of the molecule is CNS(=O)(=O)c1cc(C(=O)NNC(=O)Cn2nc(C)cc2C)n(C)c1. The van der Waals surface area contributed by atoms with Crippen molar-refractivity contribution in [2.45, 2.75) is 25.3 Å². The molecule has 2 heterocycles. The van der Waals surface area contributed by atoms with E-state index in [1.807, 2.05) is 19.9 Å². The summed E-state index contributed by atoms with van der Waals surface area (Å²) < 4.78 is 28.5. The first kappa shape index (κ1) is 18.7. The monoisotopic (exact) mass is 368 g/mol. The summed E-state index contributed by atoms with van der Waals surface area (Å²) in [7, 11) is -0.849. The Kier molecular flexibility index (Phi) is 5.28. The summed E-state index contributed by atoms with van der Waals surface area (Å²) in [5, 5.41) is 4.15. The van der Waals surface area contributed by atoms with Crippen molar-refractivity contribution in [2.24, 2.45) is 7.05 Å². The molecule has 2 aromatic rings. The van der Waals surface area contributed by atoms with Crippen LogP contribution in [0.4, 0.5) is 0 Å². The molecular weight excluding hydrogens is 348 g/mol. The molecule has 3 N–H and O–H groups in total. The van der Waals surface area contributed by atoms with Crippen LogP contribution in [0.15, 0.2) is 23.2 Å². The minimum absolute atomic E-state index is 0.0448. The summed E-state index contributed by atoms with van der Waals surface area (Å²) in [4.78, 5) is 24.0. The standard InChI is InChI=1S/C14H20N6O4S/c1-9-5-10(2)20(18-9)8-13(21)16-17-14(22)12-6-11(7-19(12)4)25(23,24)15-3/h5-7,15H,8H2,1-4H3,(H,16,21)(H,17,22). The van der Waals surface area contributed by atoms with Gasteiger partial charge in [0.1, 0.15) is 17.1 Å². The van der Waals surface area contributed by atoms with Gasteiger partial charge in [0.15, 0.2) is 0 Å². The fourth-order valence-electron chi connectivity index (χ4n) is 2.23. The van der Waals surface area contributed by atoms with E-state index in [-0.39, 0.29) is 17.1 Å². The molecule has 2 rings (SSSR count). The van der Waals surface area contributed by atoms with Crippen molar-refractivity contribution < 1.29 is 18.0 Å². The number of aromatic nitrogens is 3. The Morgan fingerprint density at radius 1 is 1.20 bits per heavy atom. The van der Waals surface area contributed by atoms with Crippen molar-refractivity contribution in [3.8, 4) is 0 Å². The molecule has 0 saturated carbocycles. The normalized spacial score (nSPS) is 11.4. The fourth-order valence-corrected chi connectivity index (χ4v) is 3.03. The molecule has 0 aliphatic rings. The Hall–Kier alpha value is -2.66. The van der Waals surface area contributed by atoms with Gasteiger partial charge < -0.3 is 4.57 Å². The van der Waals surface area contributed by atoms with E-state index < -0.39 is 21.8 Å². The molecule has 0 saturated heterocycles. The molecule has 0 radical (unpaired) electrons. The second kappa shape index (κ2) is 7.07. The molecule has 11 heteroatoms. The number of hydrazine groups is 1. The summed E-state index contributed by atoms with van der Waals surface area (Å²) in [6.45, 7) is 3.58. The number of rotatable bonds is 5. The number of hydrogen-bond donors (Lipinski definition) is 3. The molecule has 0 atom stereocenters. The molecule has 0 aromatic carbocycles. The molecule has 0 aliphatic heterocycles. The Bertz CT molecular complexity index is 912. The Morgan fingerprint density at radius 3 is 2.44 bits per heavy atom. The molecule has 25 heavy (non-hydrogen) atoms. The van der Waals surface area contributed by atoms with Gasteiger partial charge in [0.2, 0.25) is 10.0 Å². The molecule has 2 amide bonds. The third-order valence-electron chi connectivity index (χ3n) is 3.50. The molecule has 10 nitrogen and oxygen atoms in total. The predicted molar refractivity (Wildman–Crippen MR) is 89.0 cm³/mol. The van der Waals surface area contributed by atoms with E-state index in [1.165, 1.54) is 35.6 Å². The van der Waals surface area contributed by atoms with Gasteiger partial charge in [-0.15, -0.1) is 0 Å². The third kappa shape index (κ3) is 4.25. The zero-order valence-corrected chi connectivity index (χ0v) is 15.1. The van der Waals surface area contributed by atoms with Gasteiger partial charge in [0.25, 0.3) is 11.8 Å². The molecule has 2 aromatic heterocycles. The van der Waals surface area contributed by atoms with Gasteiger partial charge in [-0.2, -0.15) is 5.10 Å². The van der Waals surface area contributed by atoms with Crippen molar-refractivity contribution in [1.29, 1.82) is 0 Å². The molecule has 0 bridgehead atoms. The second-order valence-corrected chi connectivity index (χ2v) is 7.35. The highest BCUT2D eigenvalue weighted by Crippen LogP contribution is 2.12. The lowest BCUT2D eigenvalue weighted by Crippen LogP contribution is -2.43. The van der Waals surface area contributed by atoms with E-state index in [9.17, 15) is 18.0 Å². The minimum Gasteiger partial charge on any atom is -0.345 e. The summed E-state index contributed by atoms with van der Waals surface area (Å²) in [6.07, 6.45) is 1.30. The fraction of sp³-hybridized carbons (Fsp3) is 0.357. The zero-order chi connectivity index (χ0) is 18.8. The molecule has 136 valence electrons. The van der Waals surface area contributed by atoms with Crippen LogP contribution in [0.3, 0.4) is 0 Å². The van der Waals surface area contributed by atoms with Crippen LogP contribution in [0.2, 0.25) is 0 Å². The average molecular weight is 368 g/mol. The second-order valence-electron chi connectivity index (χ2n) is 5.47. The first-order valence-electron chi connectivity index (χ1n) is 7.34. The van der Waals surface area contributed by atoms with Crippen LogP contribution in [0.5, 0.6) is 0 Å². The smallest absolute Gasteiger partial charge is 0.286 e. The highest BCUT2D eigenvalue weighted by molar-refractivity contribution is 7.89. The summed E-state index contributed by atoms with van der Waals surface area (Å²) in [5.74, 6) is -1.10. The molecule has 0 fully saturated rings. The number of aryl methyl sites for hydroxylation is 3. The molecule has 0 unspecified atom stereocenters. The largest absolute Gasteiger partial charge is 0.345 e. The maximum Gasteiger partial charge on any atom is 0.286 e. The Balaban J connectivity index is 2.01. The van der Waals surface area contributed by atoms with Gasteiger partial charge in [0.05, 0.1) is 5.69 Å². The number of sulfonamides is 1. The number of hydrogen-bond acceptors (Lipinski definition) is 5. The number of amides is 2. The number of nitrogens with zero attached hydrogens (tertiary/aromatic N) is 3. The maximum absolute atomic E-state index is 12.1. The molecular formula is C14H20N6O4S. The van der Waals surface area contributed by atoms with Crippen LogP contribution in [-0.2, 0) is 28.4 Å². The van der Waals surface area contributed by atoms with Gasteiger partial charge in [-0.1, -0.05) is 0 Å². The lowest BCUT2D eigenvalue weighted by atomic mass is 10.4. The summed E-state index contributed by atoms with van der Waals surface area (Å²) in [5.41, 5.74) is 6.23. The highest BCUT2D eigenvalue weighted by atomic mass is 32.2. The van der Waals surface area contributed by atoms with Crippen LogP contribution in [0.25, 0.3) is 0 Å². The van der Waals surface area contributed by atoms with Crippen LogP contribution < -0.4 is 15.6 Å². The van der Waals surface area contributed by atoms with Crippen LogP contribution >= 0.6 is 0 Å². The van der Waals surface area contributed by atoms with E-state index in [2.05, 4.69) is 20.7 Å². The first-order chi connectivity index (χ1) is 11.6. The van der Waals surface area contributed by atoms with Gasteiger partial charge in [-0.05, 0) is 33.0 Å². The van der Waals surface area contributed by atoms with E-state index >= 15 is 0 Å². The van der Waals surface area contributed by atoms with Crippen molar-refractivity contribution in [3.63, 3.8) is 0 Å². The van der Waals surface area contributed by atoms with Crippen molar-refractivity contribution in [3.05, 3.63) is 35.4 Å². The molecule has 0 spiro atoms. The Morgan fingerprint density at radius 2 is 1.88 bits per heavy atom. The van der Waals surface area contributed by atoms with E-state index in [0.717, 1.165) is 11.4 Å². The zero-order valence-electron chi connectivity index (χ0n) is 14.3. The van der Waals surface area contributed by atoms with Crippen LogP contribution in [0, 0.1) is 13.8 Å². The first-order valence-corrected chi connectivity index (χ1v) is 8.82. The lowest BCUT2D eigenvalue weighted by molar-refractivity contribution is -0.122. The van der Waals surface area contributed by atoms with Crippen LogP contribution in [-0.4, -0.2) is 41.6 Å². The minimum atomic E-state index is -3.66. The summed E-state index contributed by atoms with van der Waals surface area (Å²) in [6, 6.07) is 3.05. The average Bonchev–Trinajstić information content (AvgIpc) is 3.08. The lowest BCUT2D eigenvalue weighted by Gasteiger charge is -2.08. The number of carbonyl (C=O) groups excluding carboxylic acids is 2. The Labute approximate surface area is 145 Å². The van der Waals surface area contributed by atoms with Gasteiger partial charge in [-0.25, -0.2) is 13.1 Å². The van der Waals surface area contributed by atoms with Gasteiger partial charge in [-0.3, -0.25) is 25.1 Å². The number of nitrogens with one attached hydrogen (secondary N) is 3. The quantitative estimate of drug-likeness (QED) is 0.596. The maximum atomic E-state index is 12.1. The predicted octanol–water partition coefficient (Wildman–Crippen LogP) is -0.792. The topological polar surface area (TPSA) is 127 Å². The van der Waals surface area contributed by atoms with Crippen LogP contribution in [0.1, 0.15) is 21.9 Å². The summed E-state index contributed by atoms with van der Waals surface area (Å²) >= 11 is 0. The third-order valence-corrected chi connectivity index (χ3v) is 4.89. The number of carbonyl (C=O) groups is 2. The van der Waals surface area contributed by atoms with Gasteiger partial charge >= 0.3 is 0 Å². The molecule has 0 aliphatic carbocycles. The van der Waals surface area contributed by atoms with Crippen molar-refractivity contribution >= 4 is 21.8 Å². The van der Waals surface area contributed by atoms with Crippen molar-refractivity contribution in [2.75, 3.05) is 7.05 Å². The highest BCUT2D eigenvalue weighted by Gasteiger charge is 2.19.